The van der Waals surface area contributed by atoms with Crippen LogP contribution < -0.4 is 5.32 Å². The van der Waals surface area contributed by atoms with Crippen molar-refractivity contribution in [2.75, 3.05) is 11.6 Å². The predicted octanol–water partition coefficient (Wildman–Crippen LogP) is 3.30. The van der Waals surface area contributed by atoms with Crippen molar-refractivity contribution in [1.29, 1.82) is 0 Å². The van der Waals surface area contributed by atoms with Gasteiger partial charge in [-0.15, -0.1) is 16.9 Å². The van der Waals surface area contributed by atoms with Crippen molar-refractivity contribution >= 4 is 23.4 Å². The first-order valence-corrected chi connectivity index (χ1v) is 8.36. The summed E-state index contributed by atoms with van der Waals surface area (Å²) < 4.78 is 1.65. The number of nitrogens with one attached hydrogen (secondary N) is 1. The molecule has 0 spiro atoms. The molecule has 0 aliphatic rings. The van der Waals surface area contributed by atoms with Gasteiger partial charge >= 0.3 is 0 Å². The van der Waals surface area contributed by atoms with Crippen LogP contribution in [0.4, 0.5) is 5.69 Å². The molecule has 0 aliphatic carbocycles. The zero-order valence-corrected chi connectivity index (χ0v) is 13.5. The fraction of sp³-hybridized carbons (Fsp3) is 0.118. The maximum Gasteiger partial charge on any atom is 0.277 e. The Bertz CT molecular complexity index is 784. The maximum atomic E-state index is 12.2. The summed E-state index contributed by atoms with van der Waals surface area (Å²) >= 11 is 1.66. The van der Waals surface area contributed by atoms with Crippen LogP contribution in [0.2, 0.25) is 0 Å². The first-order valence-electron chi connectivity index (χ1n) is 7.14. The monoisotopic (exact) mass is 324 g/mol. The molecule has 1 heterocycles. The predicted molar refractivity (Wildman–Crippen MR) is 91.7 cm³/mol. The van der Waals surface area contributed by atoms with Crippen molar-refractivity contribution < 1.29 is 4.79 Å². The van der Waals surface area contributed by atoms with Gasteiger partial charge in [-0.2, -0.15) is 0 Å². The van der Waals surface area contributed by atoms with Gasteiger partial charge in [-0.25, -0.2) is 4.68 Å². The number of thioether (sulfide) groups is 1. The fourth-order valence-electron chi connectivity index (χ4n) is 2.12. The van der Waals surface area contributed by atoms with Crippen LogP contribution >= 0.6 is 11.8 Å². The Morgan fingerprint density at radius 1 is 1.13 bits per heavy atom. The molecule has 0 radical (unpaired) electrons. The third-order valence-electron chi connectivity index (χ3n) is 3.31. The molecule has 0 aliphatic heterocycles. The SMILES string of the molecule is CSc1ccc(NC(=O)c2cn(Cc3ccccc3)nn2)cc1. The number of rotatable bonds is 5. The maximum absolute atomic E-state index is 12.2. The van der Waals surface area contributed by atoms with Crippen LogP contribution in [0, 0.1) is 0 Å². The van der Waals surface area contributed by atoms with E-state index in [0.717, 1.165) is 16.1 Å². The lowest BCUT2D eigenvalue weighted by Crippen LogP contribution is -2.12. The number of anilines is 1. The fourth-order valence-corrected chi connectivity index (χ4v) is 2.53. The molecule has 0 atom stereocenters. The summed E-state index contributed by atoms with van der Waals surface area (Å²) in [6.07, 6.45) is 3.66. The highest BCUT2D eigenvalue weighted by Crippen LogP contribution is 2.17. The van der Waals surface area contributed by atoms with Gasteiger partial charge in [0.1, 0.15) is 0 Å². The second-order valence-electron chi connectivity index (χ2n) is 4.97. The van der Waals surface area contributed by atoms with E-state index in [2.05, 4.69) is 15.6 Å². The summed E-state index contributed by atoms with van der Waals surface area (Å²) in [5.74, 6) is -0.263. The lowest BCUT2D eigenvalue weighted by molar-refractivity contribution is 0.102. The average molecular weight is 324 g/mol. The molecule has 3 aromatic rings. The summed E-state index contributed by atoms with van der Waals surface area (Å²) in [5.41, 5.74) is 2.15. The molecule has 116 valence electrons. The number of hydrogen-bond acceptors (Lipinski definition) is 4. The molecule has 1 N–H and O–H groups in total. The molecule has 0 unspecified atom stereocenters. The number of aromatic nitrogens is 3. The normalized spacial score (nSPS) is 10.5. The largest absolute Gasteiger partial charge is 0.321 e. The van der Waals surface area contributed by atoms with Gasteiger partial charge in [-0.3, -0.25) is 4.79 Å². The first-order chi connectivity index (χ1) is 11.2. The number of nitrogens with zero attached hydrogens (tertiary/aromatic N) is 3. The van der Waals surface area contributed by atoms with Crippen LogP contribution in [-0.4, -0.2) is 27.2 Å². The van der Waals surface area contributed by atoms with Gasteiger partial charge in [-0.1, -0.05) is 35.5 Å². The van der Waals surface area contributed by atoms with E-state index in [1.807, 2.05) is 60.9 Å². The summed E-state index contributed by atoms with van der Waals surface area (Å²) in [5, 5.41) is 10.8. The first kappa shape index (κ1) is 15.3. The van der Waals surface area contributed by atoms with Gasteiger partial charge in [0, 0.05) is 10.6 Å². The minimum absolute atomic E-state index is 0.263. The molecule has 0 bridgehead atoms. The Morgan fingerprint density at radius 2 is 1.87 bits per heavy atom. The summed E-state index contributed by atoms with van der Waals surface area (Å²) in [4.78, 5) is 13.4. The minimum Gasteiger partial charge on any atom is -0.321 e. The molecular formula is C17H16N4OS. The zero-order chi connectivity index (χ0) is 16.1. The van der Waals surface area contributed by atoms with Crippen molar-refractivity contribution in [2.45, 2.75) is 11.4 Å². The van der Waals surface area contributed by atoms with E-state index >= 15 is 0 Å². The van der Waals surface area contributed by atoms with Crippen molar-refractivity contribution in [3.05, 3.63) is 72.1 Å². The Morgan fingerprint density at radius 3 is 2.57 bits per heavy atom. The Kier molecular flexibility index (Phi) is 4.73. The number of hydrogen-bond donors (Lipinski definition) is 1. The number of benzene rings is 2. The molecular weight excluding hydrogens is 308 g/mol. The molecule has 1 aromatic heterocycles. The van der Waals surface area contributed by atoms with E-state index in [9.17, 15) is 4.79 Å². The zero-order valence-electron chi connectivity index (χ0n) is 12.6. The van der Waals surface area contributed by atoms with Crippen LogP contribution in [-0.2, 0) is 6.54 Å². The van der Waals surface area contributed by atoms with E-state index in [4.69, 9.17) is 0 Å². The Hall–Kier alpha value is -2.60. The minimum atomic E-state index is -0.263. The standard InChI is InChI=1S/C17H16N4OS/c1-23-15-9-7-14(8-10-15)18-17(22)16-12-21(20-19-16)11-13-5-3-2-4-6-13/h2-10,12H,11H2,1H3,(H,18,22). The van der Waals surface area contributed by atoms with Crippen LogP contribution in [0.15, 0.2) is 65.7 Å². The summed E-state index contributed by atoms with van der Waals surface area (Å²) in [7, 11) is 0. The van der Waals surface area contributed by atoms with E-state index in [0.29, 0.717) is 12.2 Å². The van der Waals surface area contributed by atoms with Crippen LogP contribution in [0.1, 0.15) is 16.1 Å². The average Bonchev–Trinajstić information content (AvgIpc) is 3.05. The second kappa shape index (κ2) is 7.11. The van der Waals surface area contributed by atoms with Crippen molar-refractivity contribution in [2.24, 2.45) is 0 Å². The number of carbonyl (C=O) groups excluding carboxylic acids is 1. The van der Waals surface area contributed by atoms with Gasteiger partial charge in [0.05, 0.1) is 12.7 Å². The Balaban J connectivity index is 1.66. The molecule has 1 amide bonds. The third kappa shape index (κ3) is 3.98. The van der Waals surface area contributed by atoms with Crippen LogP contribution in [0.5, 0.6) is 0 Å². The van der Waals surface area contributed by atoms with E-state index < -0.39 is 0 Å². The van der Waals surface area contributed by atoms with Gasteiger partial charge in [0.15, 0.2) is 5.69 Å². The lowest BCUT2D eigenvalue weighted by atomic mass is 10.2. The highest BCUT2D eigenvalue weighted by molar-refractivity contribution is 7.98. The van der Waals surface area contributed by atoms with Crippen molar-refractivity contribution in [3.8, 4) is 0 Å². The molecule has 0 fully saturated rings. The highest BCUT2D eigenvalue weighted by Gasteiger charge is 2.11. The molecule has 5 nitrogen and oxygen atoms in total. The molecule has 0 saturated carbocycles. The molecule has 2 aromatic carbocycles. The van der Waals surface area contributed by atoms with E-state index in [-0.39, 0.29) is 5.91 Å². The number of carbonyl (C=O) groups is 1. The van der Waals surface area contributed by atoms with E-state index in [1.165, 1.54) is 0 Å². The smallest absolute Gasteiger partial charge is 0.277 e. The quantitative estimate of drug-likeness (QED) is 0.732. The van der Waals surface area contributed by atoms with Crippen LogP contribution in [0.3, 0.4) is 0 Å². The molecule has 0 saturated heterocycles. The highest BCUT2D eigenvalue weighted by atomic mass is 32.2. The molecule has 23 heavy (non-hydrogen) atoms. The van der Waals surface area contributed by atoms with Crippen molar-refractivity contribution in [1.82, 2.24) is 15.0 Å². The molecule has 3 rings (SSSR count). The van der Waals surface area contributed by atoms with Gasteiger partial charge in [0.2, 0.25) is 0 Å². The van der Waals surface area contributed by atoms with E-state index in [1.54, 1.807) is 22.6 Å². The van der Waals surface area contributed by atoms with Gasteiger partial charge in [0.25, 0.3) is 5.91 Å². The summed E-state index contributed by atoms with van der Waals surface area (Å²) in [6, 6.07) is 17.6. The lowest BCUT2D eigenvalue weighted by Gasteiger charge is -2.03. The Labute approximate surface area is 138 Å². The van der Waals surface area contributed by atoms with Crippen molar-refractivity contribution in [3.63, 3.8) is 0 Å². The second-order valence-corrected chi connectivity index (χ2v) is 5.85. The van der Waals surface area contributed by atoms with Gasteiger partial charge < -0.3 is 5.32 Å². The summed E-state index contributed by atoms with van der Waals surface area (Å²) in [6.45, 7) is 0.587. The van der Waals surface area contributed by atoms with Crippen LogP contribution in [0.25, 0.3) is 0 Å². The molecule has 6 heteroatoms. The van der Waals surface area contributed by atoms with Gasteiger partial charge in [-0.05, 0) is 36.1 Å². The number of amides is 1. The third-order valence-corrected chi connectivity index (χ3v) is 4.05. The topological polar surface area (TPSA) is 59.8 Å².